The molecule has 0 aromatic heterocycles. The SMILES string of the molecule is Cc1ccc(Cc2ccc3ccc(C#CCc4ccccc4)cc3c2)cc1. The minimum absolute atomic E-state index is 0.784. The van der Waals surface area contributed by atoms with Gasteiger partial charge in [-0.3, -0.25) is 0 Å². The van der Waals surface area contributed by atoms with E-state index in [0.717, 1.165) is 18.4 Å². The maximum Gasteiger partial charge on any atom is 0.0344 e. The molecule has 4 rings (SSSR count). The number of rotatable bonds is 3. The summed E-state index contributed by atoms with van der Waals surface area (Å²) in [5.74, 6) is 6.60. The molecule has 0 bridgehead atoms. The second kappa shape index (κ2) is 7.94. The van der Waals surface area contributed by atoms with Crippen molar-refractivity contribution in [3.05, 3.63) is 119 Å². The summed E-state index contributed by atoms with van der Waals surface area (Å²) >= 11 is 0. The summed E-state index contributed by atoms with van der Waals surface area (Å²) in [7, 11) is 0. The zero-order chi connectivity index (χ0) is 18.5. The number of aryl methyl sites for hydroxylation is 1. The standard InChI is InChI=1S/C27H22/c1-21-10-12-24(13-11-21)18-25-15-17-26-16-14-23(19-27(26)20-25)9-5-8-22-6-3-2-4-7-22/h2-4,6-7,10-17,19-20H,8,18H2,1H3. The minimum Gasteiger partial charge on any atom is -0.0931 e. The Kier molecular flexibility index (Phi) is 5.04. The van der Waals surface area contributed by atoms with Crippen LogP contribution in [0.25, 0.3) is 10.8 Å². The molecule has 27 heavy (non-hydrogen) atoms. The van der Waals surface area contributed by atoms with Crippen LogP contribution in [-0.2, 0) is 12.8 Å². The Hall–Kier alpha value is -3.30. The van der Waals surface area contributed by atoms with Crippen molar-refractivity contribution in [1.29, 1.82) is 0 Å². The van der Waals surface area contributed by atoms with E-state index in [9.17, 15) is 0 Å². The van der Waals surface area contributed by atoms with Crippen LogP contribution < -0.4 is 0 Å². The van der Waals surface area contributed by atoms with E-state index < -0.39 is 0 Å². The number of fused-ring (bicyclic) bond motifs is 1. The van der Waals surface area contributed by atoms with Gasteiger partial charge >= 0.3 is 0 Å². The van der Waals surface area contributed by atoms with E-state index in [1.165, 1.54) is 33.0 Å². The van der Waals surface area contributed by atoms with E-state index in [1.54, 1.807) is 0 Å². The van der Waals surface area contributed by atoms with Gasteiger partial charge in [-0.2, -0.15) is 0 Å². The quantitative estimate of drug-likeness (QED) is 0.380. The second-order valence-electron chi connectivity index (χ2n) is 7.02. The van der Waals surface area contributed by atoms with Gasteiger partial charge in [0.25, 0.3) is 0 Å². The number of hydrogen-bond acceptors (Lipinski definition) is 0. The smallest absolute Gasteiger partial charge is 0.0344 e. The van der Waals surface area contributed by atoms with Gasteiger partial charge in [0, 0.05) is 12.0 Å². The first-order chi connectivity index (χ1) is 13.3. The third-order valence-corrected chi connectivity index (χ3v) is 4.80. The highest BCUT2D eigenvalue weighted by molar-refractivity contribution is 5.84. The van der Waals surface area contributed by atoms with Gasteiger partial charge in [0.05, 0.1) is 0 Å². The molecule has 0 heterocycles. The van der Waals surface area contributed by atoms with Crippen molar-refractivity contribution in [2.45, 2.75) is 19.8 Å². The maximum absolute atomic E-state index is 3.31. The average Bonchev–Trinajstić information content (AvgIpc) is 2.70. The van der Waals surface area contributed by atoms with Gasteiger partial charge in [-0.1, -0.05) is 96.3 Å². The van der Waals surface area contributed by atoms with Gasteiger partial charge < -0.3 is 0 Å². The predicted octanol–water partition coefficient (Wildman–Crippen LogP) is 6.33. The molecule has 0 atom stereocenters. The van der Waals surface area contributed by atoms with Crippen LogP contribution in [0.3, 0.4) is 0 Å². The van der Waals surface area contributed by atoms with Crippen LogP contribution in [-0.4, -0.2) is 0 Å². The lowest BCUT2D eigenvalue weighted by atomic mass is 9.99. The van der Waals surface area contributed by atoms with Crippen molar-refractivity contribution in [2.24, 2.45) is 0 Å². The van der Waals surface area contributed by atoms with Crippen molar-refractivity contribution in [3.63, 3.8) is 0 Å². The van der Waals surface area contributed by atoms with Gasteiger partial charge in [0.15, 0.2) is 0 Å². The summed E-state index contributed by atoms with van der Waals surface area (Å²) in [5, 5.41) is 2.52. The Morgan fingerprint density at radius 1 is 0.630 bits per heavy atom. The van der Waals surface area contributed by atoms with Crippen LogP contribution >= 0.6 is 0 Å². The first kappa shape index (κ1) is 17.1. The Morgan fingerprint density at radius 3 is 2.19 bits per heavy atom. The second-order valence-corrected chi connectivity index (χ2v) is 7.02. The van der Waals surface area contributed by atoms with E-state index in [1.807, 2.05) is 6.07 Å². The van der Waals surface area contributed by atoms with Crippen molar-refractivity contribution in [3.8, 4) is 11.8 Å². The van der Waals surface area contributed by atoms with Crippen LogP contribution in [0.15, 0.2) is 91.0 Å². The third-order valence-electron chi connectivity index (χ3n) is 4.80. The molecule has 0 aliphatic rings. The number of hydrogen-bond donors (Lipinski definition) is 0. The molecule has 4 aromatic rings. The summed E-state index contributed by atoms with van der Waals surface area (Å²) in [4.78, 5) is 0. The molecule has 0 N–H and O–H groups in total. The van der Waals surface area contributed by atoms with Crippen molar-refractivity contribution in [2.75, 3.05) is 0 Å². The molecule has 0 nitrogen and oxygen atoms in total. The Morgan fingerprint density at radius 2 is 1.37 bits per heavy atom. The molecule has 0 heteroatoms. The first-order valence-electron chi connectivity index (χ1n) is 9.37. The van der Waals surface area contributed by atoms with E-state index in [2.05, 4.69) is 104 Å². The zero-order valence-electron chi connectivity index (χ0n) is 15.6. The molecule has 4 aromatic carbocycles. The van der Waals surface area contributed by atoms with Gasteiger partial charge in [-0.25, -0.2) is 0 Å². The van der Waals surface area contributed by atoms with E-state index in [0.29, 0.717) is 0 Å². The summed E-state index contributed by atoms with van der Waals surface area (Å²) in [5.41, 5.74) is 6.31. The average molecular weight is 346 g/mol. The molecule has 0 aliphatic heterocycles. The van der Waals surface area contributed by atoms with E-state index in [-0.39, 0.29) is 0 Å². The van der Waals surface area contributed by atoms with Crippen LogP contribution in [0.1, 0.15) is 27.8 Å². The predicted molar refractivity (Wildman–Crippen MR) is 115 cm³/mol. The summed E-state index contributed by atoms with van der Waals surface area (Å²) in [6, 6.07) is 32.4. The van der Waals surface area contributed by atoms with Crippen LogP contribution in [0.2, 0.25) is 0 Å². The zero-order valence-corrected chi connectivity index (χ0v) is 15.6. The normalized spacial score (nSPS) is 10.4. The van der Waals surface area contributed by atoms with Gasteiger partial charge in [0.1, 0.15) is 0 Å². The molecular formula is C27H22. The molecule has 0 saturated carbocycles. The lowest BCUT2D eigenvalue weighted by Crippen LogP contribution is -1.89. The van der Waals surface area contributed by atoms with Crippen LogP contribution in [0.4, 0.5) is 0 Å². The highest BCUT2D eigenvalue weighted by Gasteiger charge is 2.00. The molecule has 0 aliphatic carbocycles. The van der Waals surface area contributed by atoms with E-state index >= 15 is 0 Å². The minimum atomic E-state index is 0.784. The molecule has 0 fully saturated rings. The summed E-state index contributed by atoms with van der Waals surface area (Å²) in [6.07, 6.45) is 1.74. The fraction of sp³-hybridized carbons (Fsp3) is 0.111. The van der Waals surface area contributed by atoms with E-state index in [4.69, 9.17) is 0 Å². The van der Waals surface area contributed by atoms with Crippen LogP contribution in [0.5, 0.6) is 0 Å². The third kappa shape index (κ3) is 4.46. The van der Waals surface area contributed by atoms with Gasteiger partial charge in [0.2, 0.25) is 0 Å². The monoisotopic (exact) mass is 346 g/mol. The molecular weight excluding hydrogens is 324 g/mol. The maximum atomic E-state index is 3.31. The molecule has 0 amide bonds. The Labute approximate surface area is 161 Å². The number of benzene rings is 4. The fourth-order valence-corrected chi connectivity index (χ4v) is 3.27. The summed E-state index contributed by atoms with van der Waals surface area (Å²) < 4.78 is 0. The lowest BCUT2D eigenvalue weighted by molar-refractivity contribution is 1.19. The fourth-order valence-electron chi connectivity index (χ4n) is 3.27. The van der Waals surface area contributed by atoms with Crippen molar-refractivity contribution in [1.82, 2.24) is 0 Å². The van der Waals surface area contributed by atoms with Crippen molar-refractivity contribution >= 4 is 10.8 Å². The molecule has 0 unspecified atom stereocenters. The molecule has 0 saturated heterocycles. The molecule has 0 radical (unpaired) electrons. The summed E-state index contributed by atoms with van der Waals surface area (Å²) in [6.45, 7) is 2.13. The van der Waals surface area contributed by atoms with Gasteiger partial charge in [-0.05, 0) is 52.9 Å². The highest BCUT2D eigenvalue weighted by atomic mass is 14.0. The lowest BCUT2D eigenvalue weighted by Gasteiger charge is -2.05. The highest BCUT2D eigenvalue weighted by Crippen LogP contribution is 2.20. The molecule has 130 valence electrons. The molecule has 0 spiro atoms. The Bertz CT molecular complexity index is 1110. The Balaban J connectivity index is 1.55. The van der Waals surface area contributed by atoms with Gasteiger partial charge in [-0.15, -0.1) is 0 Å². The first-order valence-corrected chi connectivity index (χ1v) is 9.37. The largest absolute Gasteiger partial charge is 0.0931 e. The van der Waals surface area contributed by atoms with Crippen molar-refractivity contribution < 1.29 is 0 Å². The topological polar surface area (TPSA) is 0 Å². The van der Waals surface area contributed by atoms with Crippen LogP contribution in [0, 0.1) is 18.8 Å².